The molecule has 1 amide bonds. The molecule has 112 valence electrons. The fourth-order valence-electron chi connectivity index (χ4n) is 2.13. The van der Waals surface area contributed by atoms with Gasteiger partial charge in [-0.15, -0.1) is 0 Å². The van der Waals surface area contributed by atoms with Crippen LogP contribution in [0.25, 0.3) is 0 Å². The van der Waals surface area contributed by atoms with Crippen LogP contribution in [0.4, 0.5) is 5.69 Å². The van der Waals surface area contributed by atoms with Gasteiger partial charge < -0.3 is 15.1 Å². The van der Waals surface area contributed by atoms with Gasteiger partial charge >= 0.3 is 0 Å². The molecule has 0 aliphatic rings. The predicted molar refractivity (Wildman–Crippen MR) is 84.2 cm³/mol. The van der Waals surface area contributed by atoms with E-state index in [1.807, 2.05) is 51.1 Å². The summed E-state index contributed by atoms with van der Waals surface area (Å²) in [6.45, 7) is 6.68. The van der Waals surface area contributed by atoms with Gasteiger partial charge in [-0.2, -0.15) is 0 Å². The molecule has 21 heavy (non-hydrogen) atoms. The van der Waals surface area contributed by atoms with Gasteiger partial charge in [-0.3, -0.25) is 4.79 Å². The molecule has 1 heterocycles. The van der Waals surface area contributed by atoms with Gasteiger partial charge in [-0.25, -0.2) is 0 Å². The average Bonchev–Trinajstić information content (AvgIpc) is 2.95. The highest BCUT2D eigenvalue weighted by Gasteiger charge is 2.11. The smallest absolute Gasteiger partial charge is 0.225 e. The van der Waals surface area contributed by atoms with Crippen molar-refractivity contribution in [1.82, 2.24) is 5.32 Å². The Kier molecular flexibility index (Phi) is 5.17. The maximum absolute atomic E-state index is 12.1. The zero-order chi connectivity index (χ0) is 15.2. The first-order chi connectivity index (χ1) is 10.1. The lowest BCUT2D eigenvalue weighted by molar-refractivity contribution is -0.116. The van der Waals surface area contributed by atoms with Crippen LogP contribution in [0.1, 0.15) is 30.2 Å². The largest absolute Gasteiger partial charge is 0.468 e. The summed E-state index contributed by atoms with van der Waals surface area (Å²) >= 11 is 0. The van der Waals surface area contributed by atoms with Crippen LogP contribution >= 0.6 is 0 Å². The number of hydrogen-bond donors (Lipinski definition) is 2. The lowest BCUT2D eigenvalue weighted by atomic mass is 10.1. The van der Waals surface area contributed by atoms with Crippen molar-refractivity contribution in [2.24, 2.45) is 0 Å². The normalized spacial score (nSPS) is 12.1. The van der Waals surface area contributed by atoms with Gasteiger partial charge in [0, 0.05) is 18.2 Å². The Morgan fingerprint density at radius 2 is 2.05 bits per heavy atom. The number of carbonyl (C=O) groups excluding carboxylic acids is 1. The van der Waals surface area contributed by atoms with E-state index >= 15 is 0 Å². The van der Waals surface area contributed by atoms with Gasteiger partial charge in [0.1, 0.15) is 5.76 Å². The summed E-state index contributed by atoms with van der Waals surface area (Å²) < 4.78 is 5.25. The van der Waals surface area contributed by atoms with Crippen molar-refractivity contribution in [2.45, 2.75) is 39.8 Å². The van der Waals surface area contributed by atoms with Crippen LogP contribution < -0.4 is 10.6 Å². The molecule has 2 aromatic rings. The van der Waals surface area contributed by atoms with Crippen molar-refractivity contribution in [2.75, 3.05) is 5.32 Å². The fraction of sp³-hybridized carbons (Fsp3) is 0.353. The van der Waals surface area contributed by atoms with Crippen LogP contribution in [-0.2, 0) is 11.3 Å². The van der Waals surface area contributed by atoms with Crippen molar-refractivity contribution in [3.8, 4) is 0 Å². The summed E-state index contributed by atoms with van der Waals surface area (Å²) in [7, 11) is 0. The number of amides is 1. The number of benzene rings is 1. The molecule has 4 nitrogen and oxygen atoms in total. The second kappa shape index (κ2) is 7.09. The quantitative estimate of drug-likeness (QED) is 0.855. The number of nitrogens with one attached hydrogen (secondary N) is 2. The Balaban J connectivity index is 1.82. The molecule has 0 fully saturated rings. The number of carbonyl (C=O) groups is 1. The highest BCUT2D eigenvalue weighted by Crippen LogP contribution is 2.18. The molecule has 1 aromatic heterocycles. The van der Waals surface area contributed by atoms with E-state index in [9.17, 15) is 4.79 Å². The third-order valence-corrected chi connectivity index (χ3v) is 3.58. The Labute approximate surface area is 125 Å². The summed E-state index contributed by atoms with van der Waals surface area (Å²) in [5.41, 5.74) is 3.18. The first-order valence-corrected chi connectivity index (χ1v) is 7.18. The number of anilines is 1. The Morgan fingerprint density at radius 1 is 1.24 bits per heavy atom. The van der Waals surface area contributed by atoms with Crippen molar-refractivity contribution in [1.29, 1.82) is 0 Å². The Morgan fingerprint density at radius 3 is 2.76 bits per heavy atom. The number of aryl methyl sites for hydroxylation is 1. The molecule has 4 heteroatoms. The van der Waals surface area contributed by atoms with Crippen LogP contribution in [0.5, 0.6) is 0 Å². The van der Waals surface area contributed by atoms with E-state index in [1.54, 1.807) is 6.26 Å². The van der Waals surface area contributed by atoms with Gasteiger partial charge in [0.2, 0.25) is 5.91 Å². The van der Waals surface area contributed by atoms with Crippen LogP contribution in [0.15, 0.2) is 41.0 Å². The molecule has 1 atom stereocenters. The van der Waals surface area contributed by atoms with E-state index in [-0.39, 0.29) is 11.9 Å². The van der Waals surface area contributed by atoms with Crippen molar-refractivity contribution >= 4 is 11.6 Å². The highest BCUT2D eigenvalue weighted by atomic mass is 16.3. The van der Waals surface area contributed by atoms with E-state index in [4.69, 9.17) is 4.42 Å². The molecule has 0 bridgehead atoms. The summed E-state index contributed by atoms with van der Waals surface area (Å²) in [4.78, 5) is 12.1. The van der Waals surface area contributed by atoms with Gasteiger partial charge in [0.15, 0.2) is 0 Å². The van der Waals surface area contributed by atoms with E-state index in [1.165, 1.54) is 5.56 Å². The zero-order valence-corrected chi connectivity index (χ0v) is 12.8. The second-order valence-electron chi connectivity index (χ2n) is 5.36. The monoisotopic (exact) mass is 286 g/mol. The molecular weight excluding hydrogens is 264 g/mol. The molecule has 1 aromatic carbocycles. The van der Waals surface area contributed by atoms with Crippen LogP contribution in [0.3, 0.4) is 0 Å². The van der Waals surface area contributed by atoms with Crippen molar-refractivity contribution in [3.05, 3.63) is 53.5 Å². The molecule has 0 aliphatic carbocycles. The van der Waals surface area contributed by atoms with Gasteiger partial charge in [-0.05, 0) is 50.1 Å². The lowest BCUT2D eigenvalue weighted by Gasteiger charge is -2.14. The summed E-state index contributed by atoms with van der Waals surface area (Å²) in [6, 6.07) is 9.78. The van der Waals surface area contributed by atoms with E-state index < -0.39 is 0 Å². The van der Waals surface area contributed by atoms with Crippen LogP contribution in [0, 0.1) is 13.8 Å². The third-order valence-electron chi connectivity index (χ3n) is 3.58. The number of rotatable bonds is 6. The average molecular weight is 286 g/mol. The van der Waals surface area contributed by atoms with E-state index in [2.05, 4.69) is 10.6 Å². The first-order valence-electron chi connectivity index (χ1n) is 7.18. The standard InChI is InChI=1S/C17H22N2O2/c1-12-6-4-8-16(14(12)3)19-17(20)10-13(2)18-11-15-7-5-9-21-15/h4-9,13,18H,10-11H2,1-3H3,(H,19,20). The van der Waals surface area contributed by atoms with Crippen LogP contribution in [-0.4, -0.2) is 11.9 Å². The first kappa shape index (κ1) is 15.3. The highest BCUT2D eigenvalue weighted by molar-refractivity contribution is 5.92. The minimum Gasteiger partial charge on any atom is -0.468 e. The molecule has 0 radical (unpaired) electrons. The fourth-order valence-corrected chi connectivity index (χ4v) is 2.13. The predicted octanol–water partition coefficient (Wildman–Crippen LogP) is 3.40. The molecule has 2 N–H and O–H groups in total. The maximum Gasteiger partial charge on any atom is 0.225 e. The van der Waals surface area contributed by atoms with E-state index in [0.717, 1.165) is 17.0 Å². The minimum atomic E-state index is 0.0168. The molecule has 0 saturated heterocycles. The molecule has 2 rings (SSSR count). The maximum atomic E-state index is 12.1. The molecule has 0 saturated carbocycles. The molecule has 1 unspecified atom stereocenters. The molecular formula is C17H22N2O2. The second-order valence-corrected chi connectivity index (χ2v) is 5.36. The number of furan rings is 1. The van der Waals surface area contributed by atoms with Gasteiger partial charge in [0.25, 0.3) is 0 Å². The van der Waals surface area contributed by atoms with Gasteiger partial charge in [-0.1, -0.05) is 12.1 Å². The topological polar surface area (TPSA) is 54.3 Å². The molecule has 0 spiro atoms. The van der Waals surface area contributed by atoms with Crippen molar-refractivity contribution < 1.29 is 9.21 Å². The third kappa shape index (κ3) is 4.46. The van der Waals surface area contributed by atoms with E-state index in [0.29, 0.717) is 13.0 Å². The lowest BCUT2D eigenvalue weighted by Crippen LogP contribution is -2.30. The summed E-state index contributed by atoms with van der Waals surface area (Å²) in [5.74, 6) is 0.889. The van der Waals surface area contributed by atoms with Gasteiger partial charge in [0.05, 0.1) is 12.8 Å². The number of hydrogen-bond acceptors (Lipinski definition) is 3. The minimum absolute atomic E-state index is 0.0168. The van der Waals surface area contributed by atoms with Crippen LogP contribution in [0.2, 0.25) is 0 Å². The van der Waals surface area contributed by atoms with Crippen molar-refractivity contribution in [3.63, 3.8) is 0 Å². The SMILES string of the molecule is Cc1cccc(NC(=O)CC(C)NCc2ccco2)c1C. The summed E-state index contributed by atoms with van der Waals surface area (Å²) in [5, 5.41) is 6.25. The zero-order valence-electron chi connectivity index (χ0n) is 12.8. The summed E-state index contributed by atoms with van der Waals surface area (Å²) in [6.07, 6.45) is 2.07. The molecule has 0 aliphatic heterocycles. The Hall–Kier alpha value is -2.07. The Bertz CT molecular complexity index is 591.